The van der Waals surface area contributed by atoms with Crippen LogP contribution in [0.3, 0.4) is 0 Å². The van der Waals surface area contributed by atoms with Gasteiger partial charge >= 0.3 is 0 Å². The molecule has 0 radical (unpaired) electrons. The average Bonchev–Trinajstić information content (AvgIpc) is 3.01. The zero-order chi connectivity index (χ0) is 17.5. The van der Waals surface area contributed by atoms with Crippen molar-refractivity contribution >= 4 is 23.2 Å². The molecule has 2 N–H and O–H groups in total. The molecule has 2 aromatic rings. The number of carbonyl (C=O) groups excluding carboxylic acids is 2. The van der Waals surface area contributed by atoms with Gasteiger partial charge in [0.1, 0.15) is 0 Å². The van der Waals surface area contributed by atoms with Crippen molar-refractivity contribution in [3.63, 3.8) is 0 Å². The fourth-order valence-corrected chi connectivity index (χ4v) is 4.26. The molecule has 0 bridgehead atoms. The number of nitrogens with one attached hydrogen (secondary N) is 2. The molecule has 4 nitrogen and oxygen atoms in total. The first-order valence-corrected chi connectivity index (χ1v) is 9.79. The number of thiophene rings is 1. The van der Waals surface area contributed by atoms with Crippen molar-refractivity contribution in [3.8, 4) is 0 Å². The molecule has 1 aromatic carbocycles. The average molecular weight is 356 g/mol. The van der Waals surface area contributed by atoms with Crippen LogP contribution >= 0.6 is 11.3 Å². The first kappa shape index (κ1) is 17.7. The van der Waals surface area contributed by atoms with Gasteiger partial charge in [-0.05, 0) is 49.3 Å². The van der Waals surface area contributed by atoms with Crippen LogP contribution in [0.25, 0.3) is 0 Å². The highest BCUT2D eigenvalue weighted by Gasteiger charge is 2.16. The van der Waals surface area contributed by atoms with Crippen LogP contribution in [0, 0.1) is 0 Å². The predicted molar refractivity (Wildman–Crippen MR) is 101 cm³/mol. The molecule has 1 aromatic heterocycles. The highest BCUT2D eigenvalue weighted by atomic mass is 32.1. The molecular weight excluding hydrogens is 332 g/mol. The molecule has 25 heavy (non-hydrogen) atoms. The number of rotatable bonds is 4. The van der Waals surface area contributed by atoms with Crippen LogP contribution in [0.5, 0.6) is 0 Å². The van der Waals surface area contributed by atoms with E-state index in [0.717, 1.165) is 18.4 Å². The zero-order valence-corrected chi connectivity index (χ0v) is 15.2. The zero-order valence-electron chi connectivity index (χ0n) is 14.3. The Morgan fingerprint density at radius 2 is 1.72 bits per heavy atom. The lowest BCUT2D eigenvalue weighted by atomic mass is 10.00. The molecule has 1 heterocycles. The van der Waals surface area contributed by atoms with Gasteiger partial charge in [-0.1, -0.05) is 43.2 Å². The number of amides is 2. The van der Waals surface area contributed by atoms with Gasteiger partial charge in [-0.25, -0.2) is 0 Å². The first-order valence-electron chi connectivity index (χ1n) is 8.97. The van der Waals surface area contributed by atoms with E-state index >= 15 is 0 Å². The quantitative estimate of drug-likeness (QED) is 0.819. The molecule has 0 unspecified atom stereocenters. The molecule has 0 fully saturated rings. The summed E-state index contributed by atoms with van der Waals surface area (Å²) in [4.78, 5) is 26.2. The minimum atomic E-state index is -0.218. The Labute approximate surface area is 152 Å². The van der Waals surface area contributed by atoms with Crippen molar-refractivity contribution < 1.29 is 9.59 Å². The number of hydrazine groups is 1. The Balaban J connectivity index is 1.49. The van der Waals surface area contributed by atoms with Gasteiger partial charge in [-0.15, -0.1) is 11.3 Å². The van der Waals surface area contributed by atoms with Gasteiger partial charge in [0.25, 0.3) is 5.91 Å². The lowest BCUT2D eigenvalue weighted by Crippen LogP contribution is -2.41. The van der Waals surface area contributed by atoms with Crippen LogP contribution < -0.4 is 10.9 Å². The Hall–Kier alpha value is -2.14. The fraction of sp³-hybridized carbons (Fsp3) is 0.400. The molecule has 1 aliphatic carbocycles. The summed E-state index contributed by atoms with van der Waals surface area (Å²) in [5, 5.41) is 0. The van der Waals surface area contributed by atoms with E-state index in [2.05, 4.69) is 10.9 Å². The smallest absolute Gasteiger partial charge is 0.273 e. The van der Waals surface area contributed by atoms with Gasteiger partial charge in [0, 0.05) is 11.3 Å². The van der Waals surface area contributed by atoms with Crippen LogP contribution in [0.1, 0.15) is 57.8 Å². The molecular formula is C20H24N2O2S. The number of carbonyl (C=O) groups is 2. The lowest BCUT2D eigenvalue weighted by molar-refractivity contribution is -0.121. The van der Waals surface area contributed by atoms with Gasteiger partial charge in [-0.2, -0.15) is 0 Å². The minimum absolute atomic E-state index is 0.174. The first-order chi connectivity index (χ1) is 12.2. The largest absolute Gasteiger partial charge is 0.279 e. The Bertz CT molecular complexity index is 699. The molecule has 2 amide bonds. The molecule has 0 saturated carbocycles. The van der Waals surface area contributed by atoms with Crippen LogP contribution in [-0.2, 0) is 24.1 Å². The highest BCUT2D eigenvalue weighted by Crippen LogP contribution is 2.28. The van der Waals surface area contributed by atoms with E-state index in [9.17, 15) is 9.59 Å². The van der Waals surface area contributed by atoms with Gasteiger partial charge < -0.3 is 0 Å². The van der Waals surface area contributed by atoms with E-state index in [0.29, 0.717) is 17.7 Å². The number of benzene rings is 1. The van der Waals surface area contributed by atoms with Gasteiger partial charge in [-0.3, -0.25) is 20.4 Å². The van der Waals surface area contributed by atoms with Crippen molar-refractivity contribution in [2.24, 2.45) is 0 Å². The molecule has 132 valence electrons. The van der Waals surface area contributed by atoms with Crippen molar-refractivity contribution in [1.29, 1.82) is 0 Å². The van der Waals surface area contributed by atoms with Crippen molar-refractivity contribution in [2.75, 3.05) is 0 Å². The maximum atomic E-state index is 12.3. The summed E-state index contributed by atoms with van der Waals surface area (Å²) >= 11 is 1.56. The molecule has 0 aliphatic heterocycles. The van der Waals surface area contributed by atoms with Crippen LogP contribution in [0.2, 0.25) is 0 Å². The molecule has 0 spiro atoms. The van der Waals surface area contributed by atoms with E-state index in [1.807, 2.05) is 36.4 Å². The number of aryl methyl sites for hydroxylation is 3. The molecule has 0 atom stereocenters. The Morgan fingerprint density at radius 3 is 2.52 bits per heavy atom. The second kappa shape index (κ2) is 8.81. The third kappa shape index (κ3) is 5.16. The Kier molecular flexibility index (Phi) is 6.23. The SMILES string of the molecule is O=C(CCc1ccccc1)NNC(=O)c1cc2c(s1)CCCCCC2. The summed E-state index contributed by atoms with van der Waals surface area (Å²) < 4.78 is 0. The van der Waals surface area contributed by atoms with Gasteiger partial charge in [0.15, 0.2) is 0 Å². The summed E-state index contributed by atoms with van der Waals surface area (Å²) in [5.41, 5.74) is 7.50. The third-order valence-corrected chi connectivity index (χ3v) is 5.76. The predicted octanol–water partition coefficient (Wildman–Crippen LogP) is 3.80. The van der Waals surface area contributed by atoms with E-state index in [-0.39, 0.29) is 11.8 Å². The van der Waals surface area contributed by atoms with Crippen molar-refractivity contribution in [3.05, 3.63) is 57.3 Å². The van der Waals surface area contributed by atoms with E-state index < -0.39 is 0 Å². The second-order valence-corrected chi connectivity index (χ2v) is 7.60. The van der Waals surface area contributed by atoms with Crippen LogP contribution in [0.4, 0.5) is 0 Å². The van der Waals surface area contributed by atoms with Crippen molar-refractivity contribution in [1.82, 2.24) is 10.9 Å². The monoisotopic (exact) mass is 356 g/mol. The van der Waals surface area contributed by atoms with Crippen molar-refractivity contribution in [2.45, 2.75) is 51.4 Å². The summed E-state index contributed by atoms with van der Waals surface area (Å²) in [5.74, 6) is -0.392. The van der Waals surface area contributed by atoms with E-state index in [1.54, 1.807) is 11.3 Å². The van der Waals surface area contributed by atoms with Crippen LogP contribution in [-0.4, -0.2) is 11.8 Å². The summed E-state index contributed by atoms with van der Waals surface area (Å²) in [7, 11) is 0. The number of hydrogen-bond acceptors (Lipinski definition) is 3. The molecule has 0 saturated heterocycles. The van der Waals surface area contributed by atoms with E-state index in [4.69, 9.17) is 0 Å². The van der Waals surface area contributed by atoms with Gasteiger partial charge in [0.2, 0.25) is 5.91 Å². The summed E-state index contributed by atoms with van der Waals surface area (Å²) in [6.45, 7) is 0. The standard InChI is InChI=1S/C20H24N2O2S/c23-19(13-12-15-8-4-3-5-9-15)21-22-20(24)18-14-16-10-6-1-2-7-11-17(16)25-18/h3-5,8-9,14H,1-2,6-7,10-13H2,(H,21,23)(H,22,24). The lowest BCUT2D eigenvalue weighted by Gasteiger charge is -2.07. The maximum absolute atomic E-state index is 12.3. The molecule has 5 heteroatoms. The summed E-state index contributed by atoms with van der Waals surface area (Å²) in [6, 6.07) is 11.8. The van der Waals surface area contributed by atoms with Gasteiger partial charge in [0.05, 0.1) is 4.88 Å². The van der Waals surface area contributed by atoms with E-state index in [1.165, 1.54) is 36.1 Å². The third-order valence-electron chi connectivity index (χ3n) is 4.52. The maximum Gasteiger partial charge on any atom is 0.279 e. The highest BCUT2D eigenvalue weighted by molar-refractivity contribution is 7.14. The second-order valence-electron chi connectivity index (χ2n) is 6.46. The topological polar surface area (TPSA) is 58.2 Å². The number of hydrogen-bond donors (Lipinski definition) is 2. The Morgan fingerprint density at radius 1 is 0.960 bits per heavy atom. The number of fused-ring (bicyclic) bond motifs is 1. The fourth-order valence-electron chi connectivity index (χ4n) is 3.11. The normalized spacial score (nSPS) is 14.1. The molecule has 3 rings (SSSR count). The molecule has 1 aliphatic rings. The minimum Gasteiger partial charge on any atom is -0.273 e. The van der Waals surface area contributed by atoms with Crippen LogP contribution in [0.15, 0.2) is 36.4 Å². The summed E-state index contributed by atoms with van der Waals surface area (Å²) in [6.07, 6.45) is 8.08.